The second-order valence-corrected chi connectivity index (χ2v) is 5.30. The maximum atomic E-state index is 5.13. The van der Waals surface area contributed by atoms with Crippen LogP contribution in [-0.2, 0) is 12.8 Å². The van der Waals surface area contributed by atoms with Crippen LogP contribution in [0.3, 0.4) is 0 Å². The monoisotopic (exact) mass is 249 g/mol. The van der Waals surface area contributed by atoms with Crippen molar-refractivity contribution in [1.29, 1.82) is 0 Å². The molecule has 0 saturated heterocycles. The highest BCUT2D eigenvalue weighted by molar-refractivity contribution is 7.12. The number of aryl methyl sites for hydroxylation is 1. The van der Waals surface area contributed by atoms with Gasteiger partial charge in [-0.25, -0.2) is 0 Å². The Labute approximate surface area is 107 Å². The Kier molecular flexibility index (Phi) is 4.40. The third-order valence-electron chi connectivity index (χ3n) is 2.84. The van der Waals surface area contributed by atoms with Crippen molar-refractivity contribution in [2.24, 2.45) is 0 Å². The van der Waals surface area contributed by atoms with E-state index in [0.717, 1.165) is 19.4 Å². The molecule has 0 spiro atoms. The van der Waals surface area contributed by atoms with Gasteiger partial charge in [0.05, 0.1) is 12.5 Å². The number of rotatable bonds is 6. The van der Waals surface area contributed by atoms with E-state index in [2.05, 4.69) is 31.3 Å². The molecule has 0 fully saturated rings. The zero-order valence-electron chi connectivity index (χ0n) is 10.4. The van der Waals surface area contributed by atoms with E-state index in [4.69, 9.17) is 4.42 Å². The largest absolute Gasteiger partial charge is 0.472 e. The van der Waals surface area contributed by atoms with Crippen LogP contribution in [0.2, 0.25) is 0 Å². The van der Waals surface area contributed by atoms with E-state index in [0.29, 0.717) is 6.04 Å². The summed E-state index contributed by atoms with van der Waals surface area (Å²) >= 11 is 1.91. The van der Waals surface area contributed by atoms with Crippen molar-refractivity contribution in [1.82, 2.24) is 5.32 Å². The number of likely N-dealkylation sites (N-methyl/N-ethyl adjacent to an activating group) is 1. The zero-order chi connectivity index (χ0) is 12.1. The average Bonchev–Trinajstić information content (AvgIpc) is 2.99. The molecule has 0 aliphatic rings. The van der Waals surface area contributed by atoms with Crippen LogP contribution in [0.15, 0.2) is 35.1 Å². The Morgan fingerprint density at radius 3 is 2.76 bits per heavy atom. The second kappa shape index (κ2) is 6.03. The smallest absolute Gasteiger partial charge is 0.0935 e. The first-order chi connectivity index (χ1) is 8.33. The number of nitrogens with one attached hydrogen (secondary N) is 1. The van der Waals surface area contributed by atoms with Gasteiger partial charge in [-0.3, -0.25) is 0 Å². The first-order valence-electron chi connectivity index (χ1n) is 6.16. The van der Waals surface area contributed by atoms with Crippen LogP contribution in [0.4, 0.5) is 0 Å². The molecule has 0 aromatic carbocycles. The van der Waals surface area contributed by atoms with Crippen molar-refractivity contribution in [3.8, 4) is 0 Å². The highest BCUT2D eigenvalue weighted by Crippen LogP contribution is 2.26. The third kappa shape index (κ3) is 3.20. The minimum Gasteiger partial charge on any atom is -0.472 e. The van der Waals surface area contributed by atoms with Crippen molar-refractivity contribution < 1.29 is 4.42 Å². The Morgan fingerprint density at radius 2 is 2.18 bits per heavy atom. The van der Waals surface area contributed by atoms with Gasteiger partial charge in [-0.1, -0.05) is 13.8 Å². The number of hydrogen-bond acceptors (Lipinski definition) is 3. The van der Waals surface area contributed by atoms with Gasteiger partial charge < -0.3 is 9.73 Å². The molecule has 3 heteroatoms. The summed E-state index contributed by atoms with van der Waals surface area (Å²) in [6, 6.07) is 6.93. The summed E-state index contributed by atoms with van der Waals surface area (Å²) < 4.78 is 5.13. The van der Waals surface area contributed by atoms with Crippen LogP contribution >= 0.6 is 11.3 Å². The molecule has 2 rings (SSSR count). The van der Waals surface area contributed by atoms with Gasteiger partial charge >= 0.3 is 0 Å². The fourth-order valence-electron chi connectivity index (χ4n) is 1.94. The summed E-state index contributed by atoms with van der Waals surface area (Å²) in [6.45, 7) is 5.34. The van der Waals surface area contributed by atoms with E-state index in [1.165, 1.54) is 15.3 Å². The van der Waals surface area contributed by atoms with Crippen LogP contribution in [-0.4, -0.2) is 6.54 Å². The summed E-state index contributed by atoms with van der Waals surface area (Å²) in [5.41, 5.74) is 1.25. The predicted octanol–water partition coefficient (Wildman–Crippen LogP) is 3.80. The van der Waals surface area contributed by atoms with Crippen molar-refractivity contribution in [2.75, 3.05) is 6.54 Å². The molecule has 1 N–H and O–H groups in total. The Hall–Kier alpha value is -1.06. The molecule has 1 unspecified atom stereocenters. The van der Waals surface area contributed by atoms with Crippen molar-refractivity contribution >= 4 is 11.3 Å². The van der Waals surface area contributed by atoms with Crippen LogP contribution in [0.1, 0.15) is 35.2 Å². The summed E-state index contributed by atoms with van der Waals surface area (Å²) in [7, 11) is 0. The summed E-state index contributed by atoms with van der Waals surface area (Å²) in [4.78, 5) is 2.87. The van der Waals surface area contributed by atoms with Crippen LogP contribution in [0, 0.1) is 0 Å². The molecular weight excluding hydrogens is 230 g/mol. The van der Waals surface area contributed by atoms with E-state index in [-0.39, 0.29) is 0 Å². The summed E-state index contributed by atoms with van der Waals surface area (Å²) in [5.74, 6) is 0. The first kappa shape index (κ1) is 12.4. The topological polar surface area (TPSA) is 25.2 Å². The normalized spacial score (nSPS) is 12.8. The number of furan rings is 1. The van der Waals surface area contributed by atoms with Gasteiger partial charge in [-0.15, -0.1) is 11.3 Å². The average molecular weight is 249 g/mol. The predicted molar refractivity (Wildman–Crippen MR) is 72.5 cm³/mol. The number of thiophene rings is 1. The van der Waals surface area contributed by atoms with E-state index >= 15 is 0 Å². The highest BCUT2D eigenvalue weighted by atomic mass is 32.1. The van der Waals surface area contributed by atoms with E-state index in [1.54, 1.807) is 6.26 Å². The SMILES string of the molecule is CCNC(Cc1ccoc1)c1ccc(CC)s1. The zero-order valence-corrected chi connectivity index (χ0v) is 11.2. The van der Waals surface area contributed by atoms with Crippen LogP contribution in [0.25, 0.3) is 0 Å². The lowest BCUT2D eigenvalue weighted by Gasteiger charge is -2.15. The molecule has 17 heavy (non-hydrogen) atoms. The van der Waals surface area contributed by atoms with Crippen LogP contribution < -0.4 is 5.32 Å². The van der Waals surface area contributed by atoms with E-state index in [1.807, 2.05) is 23.7 Å². The van der Waals surface area contributed by atoms with Gasteiger partial charge in [0.2, 0.25) is 0 Å². The van der Waals surface area contributed by atoms with Crippen molar-refractivity contribution in [3.05, 3.63) is 46.0 Å². The highest BCUT2D eigenvalue weighted by Gasteiger charge is 2.13. The fraction of sp³-hybridized carbons (Fsp3) is 0.429. The Balaban J connectivity index is 2.10. The fourth-order valence-corrected chi connectivity index (χ4v) is 2.96. The standard InChI is InChI=1S/C14H19NOS/c1-3-12-5-6-14(17-12)13(15-4-2)9-11-7-8-16-10-11/h5-8,10,13,15H,3-4,9H2,1-2H3. The molecule has 0 aliphatic carbocycles. The maximum absolute atomic E-state index is 5.13. The molecule has 2 aromatic rings. The minimum atomic E-state index is 0.405. The number of hydrogen-bond donors (Lipinski definition) is 1. The summed E-state index contributed by atoms with van der Waals surface area (Å²) in [6.07, 6.45) is 5.69. The molecule has 1 atom stereocenters. The first-order valence-corrected chi connectivity index (χ1v) is 6.98. The minimum absolute atomic E-state index is 0.405. The van der Waals surface area contributed by atoms with Gasteiger partial charge in [0.1, 0.15) is 0 Å². The van der Waals surface area contributed by atoms with Crippen molar-refractivity contribution in [2.45, 2.75) is 32.7 Å². The van der Waals surface area contributed by atoms with Gasteiger partial charge in [0.25, 0.3) is 0 Å². The van der Waals surface area contributed by atoms with Crippen molar-refractivity contribution in [3.63, 3.8) is 0 Å². The van der Waals surface area contributed by atoms with Gasteiger partial charge in [0, 0.05) is 15.8 Å². The molecule has 0 saturated carbocycles. The van der Waals surface area contributed by atoms with Gasteiger partial charge in [-0.05, 0) is 43.1 Å². The molecule has 0 bridgehead atoms. The molecule has 0 radical (unpaired) electrons. The molecule has 2 aromatic heterocycles. The second-order valence-electron chi connectivity index (χ2n) is 4.10. The molecule has 0 aliphatic heterocycles. The summed E-state index contributed by atoms with van der Waals surface area (Å²) in [5, 5.41) is 3.54. The quantitative estimate of drug-likeness (QED) is 0.842. The maximum Gasteiger partial charge on any atom is 0.0935 e. The molecular formula is C14H19NOS. The molecule has 92 valence electrons. The lowest BCUT2D eigenvalue weighted by Crippen LogP contribution is -2.21. The van der Waals surface area contributed by atoms with Gasteiger partial charge in [-0.2, -0.15) is 0 Å². The molecule has 2 heterocycles. The lowest BCUT2D eigenvalue weighted by molar-refractivity contribution is 0.540. The third-order valence-corrected chi connectivity index (χ3v) is 4.19. The van der Waals surface area contributed by atoms with Crippen LogP contribution in [0.5, 0.6) is 0 Å². The van der Waals surface area contributed by atoms with E-state index < -0.39 is 0 Å². The molecule has 0 amide bonds. The van der Waals surface area contributed by atoms with Gasteiger partial charge in [0.15, 0.2) is 0 Å². The molecule has 2 nitrogen and oxygen atoms in total. The Bertz CT molecular complexity index is 433. The van der Waals surface area contributed by atoms with E-state index in [9.17, 15) is 0 Å². The lowest BCUT2D eigenvalue weighted by atomic mass is 10.1. The Morgan fingerprint density at radius 1 is 1.29 bits per heavy atom.